The Morgan fingerprint density at radius 1 is 0.846 bits per heavy atom. The molecule has 68 valence electrons. The molecule has 0 fully saturated rings. The number of nitrogens with zero attached hydrogens (tertiary/aromatic N) is 8. The van der Waals surface area contributed by atoms with Crippen LogP contribution in [0.15, 0.2) is 40.7 Å². The number of hydrogen-bond donors (Lipinski definition) is 0. The van der Waals surface area contributed by atoms with E-state index < -0.39 is 7.81 Å². The second-order valence-corrected chi connectivity index (χ2v) is 4.96. The summed E-state index contributed by atoms with van der Waals surface area (Å²) >= 11 is 13.4. The Bertz CT molecular complexity index is 384. The summed E-state index contributed by atoms with van der Waals surface area (Å²) in [6, 6.07) is 0. The van der Waals surface area contributed by atoms with Gasteiger partial charge in [0.15, 0.2) is 0 Å². The Morgan fingerprint density at radius 3 is 1.92 bits per heavy atom. The molecule has 8 nitrogen and oxygen atoms in total. The molecular weight excluding hydrogens is 271 g/mol. The van der Waals surface area contributed by atoms with Gasteiger partial charge in [0.1, 0.15) is 0 Å². The molecule has 0 aliphatic rings. The first kappa shape index (κ1) is 12.7. The van der Waals surface area contributed by atoms with Crippen molar-refractivity contribution in [3.63, 3.8) is 0 Å². The van der Waals surface area contributed by atoms with Crippen molar-refractivity contribution in [1.82, 2.24) is 0 Å². The van der Waals surface area contributed by atoms with Crippen molar-refractivity contribution < 1.29 is 0 Å². The van der Waals surface area contributed by atoms with Gasteiger partial charge in [0.2, 0.25) is 0 Å². The van der Waals surface area contributed by atoms with Gasteiger partial charge in [-0.15, -0.1) is 0 Å². The predicted molar refractivity (Wildman–Crippen MR) is 55.8 cm³/mol. The summed E-state index contributed by atoms with van der Waals surface area (Å²) in [5.41, 5.74) is 0. The van der Waals surface area contributed by atoms with Crippen LogP contribution in [0.25, 0.3) is 0 Å². The quantitative estimate of drug-likeness (QED) is 0.445. The molecule has 0 radical (unpaired) electrons. The molecule has 0 heterocycles. The Balaban J connectivity index is 3.95. The molecule has 0 bridgehead atoms. The topological polar surface area (TPSA) is 98.9 Å². The van der Waals surface area contributed by atoms with Gasteiger partial charge in [-0.2, -0.15) is 0 Å². The maximum absolute atomic E-state index is 4.49. The molecule has 13 heavy (non-hydrogen) atoms. The zero-order valence-electron chi connectivity index (χ0n) is 5.66. The van der Waals surface area contributed by atoms with E-state index in [-0.39, 0.29) is 0 Å². The fraction of sp³-hybridized carbons (Fsp3) is 0. The van der Waals surface area contributed by atoms with E-state index in [1.807, 2.05) is 0 Å². The summed E-state index contributed by atoms with van der Waals surface area (Å²) < 4.78 is 3.31. The van der Waals surface area contributed by atoms with Crippen molar-refractivity contribution in [2.75, 3.05) is 0 Å². The second-order valence-electron chi connectivity index (χ2n) is 1.01. The fourth-order valence-electron chi connectivity index (χ4n) is 0.152. The molecular formula is N8PS4+. The van der Waals surface area contributed by atoms with Crippen LogP contribution in [0.1, 0.15) is 0 Å². The van der Waals surface area contributed by atoms with E-state index >= 15 is 0 Å². The van der Waals surface area contributed by atoms with E-state index in [1.54, 1.807) is 0 Å². The monoisotopic (exact) mass is 271 g/mol. The molecule has 0 aliphatic carbocycles. The van der Waals surface area contributed by atoms with Crippen LogP contribution in [0, 0.1) is 0 Å². The zero-order chi connectivity index (χ0) is 9.94. The Kier molecular flexibility index (Phi) is 9.58. The first-order valence-corrected chi connectivity index (χ1v) is 7.19. The summed E-state index contributed by atoms with van der Waals surface area (Å²) in [6.45, 7) is 0. The van der Waals surface area contributed by atoms with Gasteiger partial charge < -0.3 is 0 Å². The van der Waals surface area contributed by atoms with E-state index in [0.717, 1.165) is 0 Å². The summed E-state index contributed by atoms with van der Waals surface area (Å²) in [6.07, 6.45) is 0. The van der Waals surface area contributed by atoms with Gasteiger partial charge in [-0.3, -0.25) is 0 Å². The SMILES string of the molecule is S=[P+]=N\N=N/N=N\N=N/N=S(=S)=S. The van der Waals surface area contributed by atoms with E-state index in [1.165, 1.54) is 0 Å². The van der Waals surface area contributed by atoms with Gasteiger partial charge in [0.25, 0.3) is 0 Å². The third kappa shape index (κ3) is 11.7. The van der Waals surface area contributed by atoms with Crippen LogP contribution in [0.2, 0.25) is 0 Å². The fourth-order valence-corrected chi connectivity index (χ4v) is 0.590. The molecule has 0 saturated heterocycles. The van der Waals surface area contributed by atoms with E-state index in [4.69, 9.17) is 0 Å². The molecule has 0 saturated carbocycles. The van der Waals surface area contributed by atoms with E-state index in [9.17, 15) is 0 Å². The molecule has 0 N–H and O–H groups in total. The Hall–Kier alpha value is -0.290. The first-order chi connectivity index (χ1) is 6.27. The van der Waals surface area contributed by atoms with Gasteiger partial charge in [-0.1, -0.05) is 0 Å². The molecule has 0 aromatic heterocycles. The van der Waals surface area contributed by atoms with Crippen LogP contribution in [0.3, 0.4) is 0 Å². The molecule has 0 amide bonds. The molecule has 0 rings (SSSR count). The van der Waals surface area contributed by atoms with Crippen molar-refractivity contribution in [1.29, 1.82) is 0 Å². The standard InChI is InChI=1S/N8PS4/c10-9-7-5-3-1-2-4-6-8-13(11)12/q+1/b2-1-,5-3-,6-4-. The molecule has 0 aliphatic heterocycles. The number of hydrogen-bond acceptors (Lipinski definition) is 3. The van der Waals surface area contributed by atoms with Gasteiger partial charge in [-0.05, 0) is 0 Å². The summed E-state index contributed by atoms with van der Waals surface area (Å²) in [4.78, 5) is 3.28. The van der Waals surface area contributed by atoms with Gasteiger partial charge >= 0.3 is 89.8 Å². The van der Waals surface area contributed by atoms with Crippen LogP contribution in [-0.4, -0.2) is 0 Å². The summed E-state index contributed by atoms with van der Waals surface area (Å²) in [5, 5.41) is 18.5. The number of rotatable bonds is 4. The third-order valence-electron chi connectivity index (χ3n) is 0.380. The average molecular weight is 271 g/mol. The molecule has 13 heteroatoms. The second kappa shape index (κ2) is 9.80. The Labute approximate surface area is 89.7 Å². The van der Waals surface area contributed by atoms with Crippen molar-refractivity contribution in [3.8, 4) is 0 Å². The molecule has 0 aromatic rings. The molecule has 0 aromatic carbocycles. The van der Waals surface area contributed by atoms with Crippen molar-refractivity contribution in [2.45, 2.75) is 0 Å². The average Bonchev–Trinajstić information content (AvgIpc) is 2.09. The van der Waals surface area contributed by atoms with Crippen molar-refractivity contribution >= 4 is 49.1 Å². The molecule has 0 atom stereocenters. The normalized spacial score (nSPS) is 11.1. The van der Waals surface area contributed by atoms with Crippen LogP contribution in [0.4, 0.5) is 0 Å². The first-order valence-electron chi connectivity index (χ1n) is 2.30. The van der Waals surface area contributed by atoms with E-state index in [2.05, 4.69) is 74.8 Å². The van der Waals surface area contributed by atoms with E-state index in [0.29, 0.717) is 7.15 Å². The predicted octanol–water partition coefficient (Wildman–Crippen LogP) is 2.32. The van der Waals surface area contributed by atoms with Crippen molar-refractivity contribution in [2.24, 2.45) is 40.7 Å². The minimum absolute atomic E-state index is 0.317. The van der Waals surface area contributed by atoms with Crippen LogP contribution in [0.5, 0.6) is 0 Å². The third-order valence-corrected chi connectivity index (χ3v) is 1.36. The summed E-state index contributed by atoms with van der Waals surface area (Å²) in [7, 11) is -0.666. The Morgan fingerprint density at radius 2 is 1.38 bits per heavy atom. The molecule has 0 unspecified atom stereocenters. The molecule has 0 spiro atoms. The minimum atomic E-state index is -0.984. The summed E-state index contributed by atoms with van der Waals surface area (Å²) in [5.74, 6) is 0. The van der Waals surface area contributed by atoms with Crippen LogP contribution in [-0.2, 0) is 42.0 Å². The van der Waals surface area contributed by atoms with Gasteiger partial charge in [0, 0.05) is 0 Å². The van der Waals surface area contributed by atoms with Gasteiger partial charge in [0.05, 0.1) is 0 Å². The van der Waals surface area contributed by atoms with Crippen molar-refractivity contribution in [3.05, 3.63) is 0 Å². The maximum atomic E-state index is 4.49. The van der Waals surface area contributed by atoms with Gasteiger partial charge in [-0.25, -0.2) is 0 Å². The van der Waals surface area contributed by atoms with Crippen LogP contribution >= 0.6 is 7.15 Å². The zero-order valence-corrected chi connectivity index (χ0v) is 9.82. The van der Waals surface area contributed by atoms with Crippen LogP contribution < -0.4 is 0 Å².